The number of hydrogen-bond donors (Lipinski definition) is 1. The fraction of sp³-hybridized carbons (Fsp3) is 0.455. The third-order valence-electron chi connectivity index (χ3n) is 2.64. The third kappa shape index (κ3) is 3.28. The minimum Gasteiger partial charge on any atom is -0.380 e. The van der Waals surface area contributed by atoms with E-state index in [9.17, 15) is 8.42 Å². The van der Waals surface area contributed by atoms with Crippen LogP contribution in [0.15, 0.2) is 29.2 Å². The Hall–Kier alpha value is -0.430. The molecule has 6 heteroatoms. The predicted molar refractivity (Wildman–Crippen MR) is 68.6 cm³/mol. The van der Waals surface area contributed by atoms with Gasteiger partial charge in [0.1, 0.15) is 0 Å². The van der Waals surface area contributed by atoms with Crippen molar-refractivity contribution in [1.82, 2.24) is 4.72 Å². The quantitative estimate of drug-likeness (QED) is 0.858. The first-order chi connectivity index (χ1) is 8.12. The van der Waals surface area contributed by atoms with Gasteiger partial charge in [0.15, 0.2) is 0 Å². The van der Waals surface area contributed by atoms with Gasteiger partial charge in [-0.3, -0.25) is 0 Å². The number of sulfonamides is 1. The van der Waals surface area contributed by atoms with Gasteiger partial charge in [-0.05, 0) is 24.1 Å². The van der Waals surface area contributed by atoms with E-state index in [4.69, 9.17) is 4.74 Å². The Labute approximate surface area is 110 Å². The molecule has 1 fully saturated rings. The molecule has 1 aromatic carbocycles. The minimum atomic E-state index is -3.41. The molecule has 1 saturated heterocycles. The highest BCUT2D eigenvalue weighted by Gasteiger charge is 2.23. The number of halogens is 1. The topological polar surface area (TPSA) is 55.4 Å². The summed E-state index contributed by atoms with van der Waals surface area (Å²) in [5.74, 6) is 0. The number of hydrogen-bond acceptors (Lipinski definition) is 3. The number of benzene rings is 1. The van der Waals surface area contributed by atoms with Crippen molar-refractivity contribution in [2.24, 2.45) is 0 Å². The van der Waals surface area contributed by atoms with Crippen molar-refractivity contribution >= 4 is 26.0 Å². The fourth-order valence-corrected chi connectivity index (χ4v) is 3.30. The lowest BCUT2D eigenvalue weighted by atomic mass is 10.2. The van der Waals surface area contributed by atoms with Gasteiger partial charge in [-0.25, -0.2) is 13.1 Å². The zero-order valence-electron chi connectivity index (χ0n) is 9.23. The second-order valence-electron chi connectivity index (χ2n) is 3.96. The lowest BCUT2D eigenvalue weighted by molar-refractivity contribution is 0.192. The lowest BCUT2D eigenvalue weighted by Gasteiger charge is -2.11. The molecule has 0 spiro atoms. The van der Waals surface area contributed by atoms with Gasteiger partial charge in [0, 0.05) is 18.0 Å². The molecule has 0 saturated carbocycles. The summed E-state index contributed by atoms with van der Waals surface area (Å²) >= 11 is 3.32. The first kappa shape index (κ1) is 13.0. The van der Waals surface area contributed by atoms with E-state index in [-0.39, 0.29) is 6.04 Å². The van der Waals surface area contributed by atoms with Crippen LogP contribution in [0.2, 0.25) is 0 Å². The smallest absolute Gasteiger partial charge is 0.240 e. The van der Waals surface area contributed by atoms with Gasteiger partial charge in [-0.1, -0.05) is 28.1 Å². The molecule has 0 radical (unpaired) electrons. The molecule has 17 heavy (non-hydrogen) atoms. The Balaban J connectivity index is 2.12. The molecule has 94 valence electrons. The van der Waals surface area contributed by atoms with Gasteiger partial charge >= 0.3 is 0 Å². The normalized spacial score (nSPS) is 20.6. The van der Waals surface area contributed by atoms with Crippen LogP contribution in [0, 0.1) is 0 Å². The Morgan fingerprint density at radius 2 is 2.06 bits per heavy atom. The molecule has 0 aromatic heterocycles. The minimum absolute atomic E-state index is 0.101. The molecule has 1 aliphatic rings. The van der Waals surface area contributed by atoms with Crippen LogP contribution in [0.25, 0.3) is 0 Å². The number of alkyl halides is 1. The summed E-state index contributed by atoms with van der Waals surface area (Å²) in [6, 6.07) is 6.74. The van der Waals surface area contributed by atoms with Crippen molar-refractivity contribution in [3.8, 4) is 0 Å². The Morgan fingerprint density at radius 3 is 2.59 bits per heavy atom. The molecule has 0 amide bonds. The van der Waals surface area contributed by atoms with Crippen LogP contribution in [-0.4, -0.2) is 27.7 Å². The highest BCUT2D eigenvalue weighted by atomic mass is 79.9. The van der Waals surface area contributed by atoms with E-state index in [0.717, 1.165) is 17.3 Å². The highest BCUT2D eigenvalue weighted by molar-refractivity contribution is 9.08. The van der Waals surface area contributed by atoms with Crippen LogP contribution < -0.4 is 4.72 Å². The molecular formula is C11H14BrNO3S. The second-order valence-corrected chi connectivity index (χ2v) is 6.23. The molecule has 4 nitrogen and oxygen atoms in total. The molecule has 1 N–H and O–H groups in total. The number of rotatable bonds is 4. The number of ether oxygens (including phenoxy) is 1. The van der Waals surface area contributed by atoms with Crippen molar-refractivity contribution in [2.45, 2.75) is 22.7 Å². The average Bonchev–Trinajstić information content (AvgIpc) is 2.81. The molecule has 1 aromatic rings. The van der Waals surface area contributed by atoms with E-state index in [1.807, 2.05) is 0 Å². The van der Waals surface area contributed by atoms with E-state index >= 15 is 0 Å². The van der Waals surface area contributed by atoms with E-state index < -0.39 is 10.0 Å². The molecule has 1 atom stereocenters. The van der Waals surface area contributed by atoms with Crippen molar-refractivity contribution in [3.05, 3.63) is 29.8 Å². The third-order valence-corrected chi connectivity index (χ3v) is 4.82. The summed E-state index contributed by atoms with van der Waals surface area (Å²) in [6.45, 7) is 1.08. The van der Waals surface area contributed by atoms with E-state index in [0.29, 0.717) is 18.1 Å². The second kappa shape index (κ2) is 5.48. The summed E-state index contributed by atoms with van der Waals surface area (Å²) in [7, 11) is -3.41. The van der Waals surface area contributed by atoms with E-state index in [2.05, 4.69) is 20.7 Å². The summed E-state index contributed by atoms with van der Waals surface area (Å²) in [5.41, 5.74) is 1.05. The lowest BCUT2D eigenvalue weighted by Crippen LogP contribution is -2.34. The Kier molecular flexibility index (Phi) is 4.19. The van der Waals surface area contributed by atoms with Crippen LogP contribution in [0.3, 0.4) is 0 Å². The summed E-state index contributed by atoms with van der Waals surface area (Å²) in [4.78, 5) is 0.300. The summed E-state index contributed by atoms with van der Waals surface area (Å²) < 4.78 is 31.8. The Bertz CT molecular complexity index is 466. The van der Waals surface area contributed by atoms with Gasteiger partial charge in [-0.15, -0.1) is 0 Å². The van der Waals surface area contributed by atoms with Gasteiger partial charge in [-0.2, -0.15) is 0 Å². The van der Waals surface area contributed by atoms with Crippen LogP contribution in [-0.2, 0) is 20.1 Å². The zero-order chi connectivity index (χ0) is 12.3. The first-order valence-electron chi connectivity index (χ1n) is 5.37. The van der Waals surface area contributed by atoms with Gasteiger partial charge in [0.25, 0.3) is 0 Å². The fourth-order valence-electron chi connectivity index (χ4n) is 1.67. The van der Waals surface area contributed by atoms with Crippen molar-refractivity contribution in [2.75, 3.05) is 13.2 Å². The molecule has 0 aliphatic carbocycles. The van der Waals surface area contributed by atoms with Crippen molar-refractivity contribution < 1.29 is 13.2 Å². The first-order valence-corrected chi connectivity index (χ1v) is 7.97. The van der Waals surface area contributed by atoms with Crippen molar-refractivity contribution in [3.63, 3.8) is 0 Å². The van der Waals surface area contributed by atoms with Gasteiger partial charge in [0.05, 0.1) is 11.5 Å². The van der Waals surface area contributed by atoms with E-state index in [1.165, 1.54) is 0 Å². The van der Waals surface area contributed by atoms with Crippen LogP contribution in [0.4, 0.5) is 0 Å². The molecular weight excluding hydrogens is 306 g/mol. The van der Waals surface area contributed by atoms with Crippen LogP contribution in [0.1, 0.15) is 12.0 Å². The number of nitrogens with one attached hydrogen (secondary N) is 1. The largest absolute Gasteiger partial charge is 0.380 e. The predicted octanol–water partition coefficient (Wildman–Crippen LogP) is 1.65. The van der Waals surface area contributed by atoms with E-state index in [1.54, 1.807) is 24.3 Å². The van der Waals surface area contributed by atoms with Crippen molar-refractivity contribution in [1.29, 1.82) is 0 Å². The molecule has 1 aliphatic heterocycles. The van der Waals surface area contributed by atoms with Gasteiger partial charge in [0.2, 0.25) is 10.0 Å². The maximum atomic E-state index is 12.0. The van der Waals surface area contributed by atoms with Gasteiger partial charge < -0.3 is 4.74 Å². The monoisotopic (exact) mass is 319 g/mol. The SMILES string of the molecule is O=S(=O)(NC1CCOC1)c1ccc(CBr)cc1. The molecule has 0 bridgehead atoms. The summed E-state index contributed by atoms with van der Waals surface area (Å²) in [5, 5.41) is 0.719. The van der Waals surface area contributed by atoms with Crippen LogP contribution in [0.5, 0.6) is 0 Å². The van der Waals surface area contributed by atoms with Crippen LogP contribution >= 0.6 is 15.9 Å². The zero-order valence-corrected chi connectivity index (χ0v) is 11.6. The molecule has 1 heterocycles. The Morgan fingerprint density at radius 1 is 1.35 bits per heavy atom. The summed E-state index contributed by atoms with van der Waals surface area (Å²) in [6.07, 6.45) is 0.735. The highest BCUT2D eigenvalue weighted by Crippen LogP contribution is 2.14. The average molecular weight is 320 g/mol. The maximum Gasteiger partial charge on any atom is 0.240 e. The maximum absolute atomic E-state index is 12.0. The standard InChI is InChI=1S/C11H14BrNO3S/c12-7-9-1-3-11(4-2-9)17(14,15)13-10-5-6-16-8-10/h1-4,10,13H,5-8H2. The molecule has 1 unspecified atom stereocenters. The molecule has 2 rings (SSSR count).